The van der Waals surface area contributed by atoms with Crippen molar-refractivity contribution in [3.05, 3.63) is 96.6 Å². The number of aliphatic carboxylic acids is 2. The van der Waals surface area contributed by atoms with Crippen LogP contribution in [0.1, 0.15) is 52.7 Å². The molecule has 0 aromatic heterocycles. The van der Waals surface area contributed by atoms with Crippen molar-refractivity contribution >= 4 is 23.5 Å². The molecule has 0 amide bonds. The highest BCUT2D eigenvalue weighted by Crippen LogP contribution is 2.12. The standard InChI is InChI=1S/C19H22N2.C11H22N2.2C3H4O3/c1-3-7-18(8-4-1)11-13-20-15-16-21(17-20)14-12-19-9-5-2-6-10-19;1-10(2)7-12-5-6-13(9-12)8-11(3)4;2*1-2(4)3(5)6/h1-10,15-16H,11-14,17H2;5-6,10-11H,7-9H2,1-4H3;2*1H3,(H,5,6)/p-2. The topological polar surface area (TPSA) is 127 Å². The van der Waals surface area contributed by atoms with E-state index < -0.39 is 23.5 Å². The van der Waals surface area contributed by atoms with Crippen molar-refractivity contribution in [2.75, 3.05) is 39.5 Å². The second kappa shape index (κ2) is 22.0. The zero-order valence-corrected chi connectivity index (χ0v) is 28.1. The van der Waals surface area contributed by atoms with Gasteiger partial charge in [-0.3, -0.25) is 9.59 Å². The van der Waals surface area contributed by atoms with Crippen LogP contribution in [-0.2, 0) is 32.0 Å². The Kier molecular flexibility index (Phi) is 18.8. The normalized spacial score (nSPS) is 13.0. The molecule has 2 aromatic rings. The fourth-order valence-corrected chi connectivity index (χ4v) is 4.33. The molecule has 4 rings (SSSR count). The zero-order valence-electron chi connectivity index (χ0n) is 28.1. The van der Waals surface area contributed by atoms with Gasteiger partial charge in [0.05, 0.1) is 13.3 Å². The molecule has 0 saturated carbocycles. The summed E-state index contributed by atoms with van der Waals surface area (Å²) >= 11 is 0. The third-order valence-corrected chi connectivity index (χ3v) is 6.54. The van der Waals surface area contributed by atoms with Gasteiger partial charge < -0.3 is 39.4 Å². The number of carbonyl (C=O) groups excluding carboxylic acids is 4. The predicted molar refractivity (Wildman–Crippen MR) is 176 cm³/mol. The van der Waals surface area contributed by atoms with E-state index in [1.165, 1.54) is 24.2 Å². The molecule has 0 saturated heterocycles. The molecule has 2 heterocycles. The smallest absolute Gasteiger partial charge is 0.175 e. The molecule has 0 bridgehead atoms. The average Bonchev–Trinajstić information content (AvgIpc) is 3.65. The molecule has 10 heteroatoms. The van der Waals surface area contributed by atoms with Crippen LogP contribution in [0.2, 0.25) is 0 Å². The van der Waals surface area contributed by atoms with Crippen LogP contribution < -0.4 is 10.2 Å². The lowest BCUT2D eigenvalue weighted by atomic mass is 10.1. The maximum absolute atomic E-state index is 9.48. The van der Waals surface area contributed by atoms with Crippen LogP contribution in [0, 0.1) is 11.8 Å². The molecule has 2 aliphatic heterocycles. The van der Waals surface area contributed by atoms with Gasteiger partial charge in [-0.1, -0.05) is 88.4 Å². The maximum atomic E-state index is 9.48. The summed E-state index contributed by atoms with van der Waals surface area (Å²) in [5.74, 6) is -3.62. The molecule has 252 valence electrons. The quantitative estimate of drug-likeness (QED) is 0.322. The van der Waals surface area contributed by atoms with Crippen LogP contribution in [0.15, 0.2) is 85.5 Å². The van der Waals surface area contributed by atoms with Crippen molar-refractivity contribution in [2.45, 2.75) is 54.4 Å². The van der Waals surface area contributed by atoms with Crippen molar-refractivity contribution in [3.63, 3.8) is 0 Å². The maximum Gasteiger partial charge on any atom is 0.175 e. The number of carboxylic acid groups (broad SMARTS) is 2. The van der Waals surface area contributed by atoms with Crippen molar-refractivity contribution in [1.29, 1.82) is 0 Å². The summed E-state index contributed by atoms with van der Waals surface area (Å²) in [4.78, 5) is 47.0. The summed E-state index contributed by atoms with van der Waals surface area (Å²) in [5, 5.41) is 18.5. The zero-order chi connectivity index (χ0) is 34.5. The van der Waals surface area contributed by atoms with Gasteiger partial charge in [0.2, 0.25) is 0 Å². The van der Waals surface area contributed by atoms with Gasteiger partial charge in [0.1, 0.15) is 11.9 Å². The van der Waals surface area contributed by atoms with E-state index in [4.69, 9.17) is 0 Å². The Balaban J connectivity index is 0.000000360. The number of carboxylic acids is 2. The lowest BCUT2D eigenvalue weighted by Crippen LogP contribution is -2.30. The van der Waals surface area contributed by atoms with Crippen LogP contribution in [0.25, 0.3) is 0 Å². The van der Waals surface area contributed by atoms with Gasteiger partial charge in [-0.15, -0.1) is 0 Å². The fraction of sp³-hybridized carbons (Fsp3) is 0.444. The van der Waals surface area contributed by atoms with Crippen LogP contribution in [0.3, 0.4) is 0 Å². The minimum atomic E-state index is -1.63. The average molecular weight is 635 g/mol. The summed E-state index contributed by atoms with van der Waals surface area (Å²) < 4.78 is 0. The third kappa shape index (κ3) is 18.9. The van der Waals surface area contributed by atoms with E-state index in [1.54, 1.807) is 0 Å². The van der Waals surface area contributed by atoms with E-state index in [0.29, 0.717) is 0 Å². The molecular formula is C36H50N4O6-2. The lowest BCUT2D eigenvalue weighted by Gasteiger charge is -2.23. The Morgan fingerprint density at radius 3 is 1.13 bits per heavy atom. The Morgan fingerprint density at radius 1 is 0.565 bits per heavy atom. The van der Waals surface area contributed by atoms with E-state index >= 15 is 0 Å². The Hall–Kier alpha value is -4.60. The minimum absolute atomic E-state index is 0.753. The number of hydrogen-bond donors (Lipinski definition) is 0. The molecule has 46 heavy (non-hydrogen) atoms. The number of benzene rings is 2. The Morgan fingerprint density at radius 2 is 0.848 bits per heavy atom. The van der Waals surface area contributed by atoms with E-state index in [9.17, 15) is 29.4 Å². The third-order valence-electron chi connectivity index (χ3n) is 6.54. The summed E-state index contributed by atoms with van der Waals surface area (Å²) in [5.41, 5.74) is 2.82. The number of hydrogen-bond acceptors (Lipinski definition) is 10. The van der Waals surface area contributed by atoms with Crippen LogP contribution in [-0.4, -0.2) is 82.6 Å². The van der Waals surface area contributed by atoms with Crippen LogP contribution in [0.4, 0.5) is 0 Å². The Labute approximate surface area is 274 Å². The largest absolute Gasteiger partial charge is 0.542 e. The first-order chi connectivity index (χ1) is 21.8. The molecule has 0 spiro atoms. The van der Waals surface area contributed by atoms with Gasteiger partial charge in [0.15, 0.2) is 11.6 Å². The van der Waals surface area contributed by atoms with E-state index in [0.717, 1.165) is 65.0 Å². The number of Topliss-reactive ketones (excluding diaryl/α,β-unsaturated/α-hetero) is 2. The van der Waals surface area contributed by atoms with E-state index in [1.807, 2.05) is 0 Å². The molecular weight excluding hydrogens is 584 g/mol. The second-order valence-electron chi connectivity index (χ2n) is 12.0. The summed E-state index contributed by atoms with van der Waals surface area (Å²) in [7, 11) is 0. The first-order valence-corrected chi connectivity index (χ1v) is 15.6. The number of nitrogens with zero attached hydrogens (tertiary/aromatic N) is 4. The van der Waals surface area contributed by atoms with Crippen molar-refractivity contribution in [3.8, 4) is 0 Å². The predicted octanol–water partition coefficient (Wildman–Crippen LogP) is 2.51. The highest BCUT2D eigenvalue weighted by molar-refractivity contribution is 6.30. The number of rotatable bonds is 12. The SMILES string of the molecule is C1=CN(CCc2ccccc2)CN1CCc1ccccc1.CC(=O)C(=O)[O-].CC(=O)C(=O)[O-].CC(C)CN1C=CN(CC(C)C)C1. The molecule has 10 nitrogen and oxygen atoms in total. The van der Waals surface area contributed by atoms with Gasteiger partial charge in [0, 0.05) is 64.8 Å². The highest BCUT2D eigenvalue weighted by Gasteiger charge is 2.14. The van der Waals surface area contributed by atoms with Crippen molar-refractivity contribution in [1.82, 2.24) is 19.6 Å². The molecule has 0 atom stereocenters. The monoisotopic (exact) mass is 634 g/mol. The Bertz CT molecular complexity index is 1130. The second-order valence-corrected chi connectivity index (χ2v) is 12.0. The van der Waals surface area contributed by atoms with E-state index in [2.05, 4.69) is 133 Å². The summed E-state index contributed by atoms with van der Waals surface area (Å²) in [6.07, 6.45) is 11.1. The van der Waals surface area contributed by atoms with Crippen molar-refractivity contribution < 1.29 is 29.4 Å². The molecule has 0 radical (unpaired) electrons. The fourth-order valence-electron chi connectivity index (χ4n) is 4.33. The van der Waals surface area contributed by atoms with Crippen molar-refractivity contribution in [2.24, 2.45) is 11.8 Å². The van der Waals surface area contributed by atoms with Gasteiger partial charge in [-0.2, -0.15) is 0 Å². The first-order valence-electron chi connectivity index (χ1n) is 15.6. The van der Waals surface area contributed by atoms with Gasteiger partial charge in [0.25, 0.3) is 0 Å². The number of ketones is 2. The molecule has 2 aliphatic rings. The molecule has 0 unspecified atom stereocenters. The lowest BCUT2D eigenvalue weighted by molar-refractivity contribution is -0.300. The van der Waals surface area contributed by atoms with Gasteiger partial charge in [-0.05, 0) is 35.8 Å². The molecule has 0 N–H and O–H groups in total. The first kappa shape index (κ1) is 39.4. The highest BCUT2D eigenvalue weighted by atomic mass is 16.4. The van der Waals surface area contributed by atoms with Gasteiger partial charge >= 0.3 is 0 Å². The van der Waals surface area contributed by atoms with Crippen LogP contribution >= 0.6 is 0 Å². The molecule has 0 fully saturated rings. The molecule has 2 aromatic carbocycles. The van der Waals surface area contributed by atoms with Crippen LogP contribution in [0.5, 0.6) is 0 Å². The molecule has 0 aliphatic carbocycles. The van der Waals surface area contributed by atoms with Gasteiger partial charge in [-0.25, -0.2) is 0 Å². The summed E-state index contributed by atoms with van der Waals surface area (Å²) in [6, 6.07) is 21.4. The number of carbonyl (C=O) groups is 4. The minimum Gasteiger partial charge on any atom is -0.542 e. The summed E-state index contributed by atoms with van der Waals surface area (Å²) in [6.45, 7) is 17.5. The van der Waals surface area contributed by atoms with E-state index in [-0.39, 0.29) is 0 Å².